The standard InChI is InChI=1S/C19H26N4O.ClH/c1-14-18(12-19(24)21-11-9-16-8-10-20-13-16)15(2)23(22-14)17-6-4-3-5-7-17;/h3-7,16,20H,8-13H2,1-2H3,(H,21,24);1H. The lowest BCUT2D eigenvalue weighted by Gasteiger charge is -2.10. The highest BCUT2D eigenvalue weighted by Crippen LogP contribution is 2.18. The molecule has 0 saturated carbocycles. The fourth-order valence-corrected chi connectivity index (χ4v) is 3.35. The average Bonchev–Trinajstić information content (AvgIpc) is 3.19. The molecule has 1 aliphatic rings. The minimum Gasteiger partial charge on any atom is -0.356 e. The summed E-state index contributed by atoms with van der Waals surface area (Å²) in [6, 6.07) is 10.0. The van der Waals surface area contributed by atoms with Crippen LogP contribution in [0, 0.1) is 19.8 Å². The van der Waals surface area contributed by atoms with Crippen molar-refractivity contribution in [3.8, 4) is 5.69 Å². The number of nitrogens with one attached hydrogen (secondary N) is 2. The van der Waals surface area contributed by atoms with E-state index in [2.05, 4.69) is 15.7 Å². The Hall–Kier alpha value is -1.85. The molecule has 1 saturated heterocycles. The second-order valence-corrected chi connectivity index (χ2v) is 6.57. The Morgan fingerprint density at radius 1 is 1.32 bits per heavy atom. The molecule has 25 heavy (non-hydrogen) atoms. The molecule has 1 unspecified atom stereocenters. The van der Waals surface area contributed by atoms with Crippen molar-refractivity contribution in [1.82, 2.24) is 20.4 Å². The average molecular weight is 363 g/mol. The fraction of sp³-hybridized carbons (Fsp3) is 0.474. The van der Waals surface area contributed by atoms with Crippen LogP contribution in [-0.4, -0.2) is 35.3 Å². The van der Waals surface area contributed by atoms with E-state index in [-0.39, 0.29) is 18.3 Å². The van der Waals surface area contributed by atoms with Crippen LogP contribution in [0.25, 0.3) is 5.69 Å². The second kappa shape index (κ2) is 9.02. The molecule has 0 radical (unpaired) electrons. The number of halogens is 1. The molecule has 1 aliphatic heterocycles. The van der Waals surface area contributed by atoms with Gasteiger partial charge in [0.2, 0.25) is 5.91 Å². The quantitative estimate of drug-likeness (QED) is 0.830. The molecule has 0 bridgehead atoms. The molecular weight excluding hydrogens is 336 g/mol. The minimum absolute atomic E-state index is 0. The van der Waals surface area contributed by atoms with Gasteiger partial charge in [0, 0.05) is 17.8 Å². The zero-order chi connectivity index (χ0) is 16.9. The van der Waals surface area contributed by atoms with Gasteiger partial charge in [-0.1, -0.05) is 18.2 Å². The van der Waals surface area contributed by atoms with E-state index in [1.54, 1.807) is 0 Å². The first-order chi connectivity index (χ1) is 11.6. The van der Waals surface area contributed by atoms with Crippen molar-refractivity contribution < 1.29 is 4.79 Å². The maximum Gasteiger partial charge on any atom is 0.224 e. The van der Waals surface area contributed by atoms with Crippen molar-refractivity contribution in [1.29, 1.82) is 0 Å². The third kappa shape index (κ3) is 4.83. The molecule has 1 atom stereocenters. The van der Waals surface area contributed by atoms with Gasteiger partial charge < -0.3 is 10.6 Å². The minimum atomic E-state index is 0. The maximum atomic E-state index is 12.3. The van der Waals surface area contributed by atoms with Gasteiger partial charge in [-0.2, -0.15) is 5.10 Å². The molecule has 0 spiro atoms. The monoisotopic (exact) mass is 362 g/mol. The van der Waals surface area contributed by atoms with Crippen molar-refractivity contribution in [3.63, 3.8) is 0 Å². The van der Waals surface area contributed by atoms with Gasteiger partial charge in [0.25, 0.3) is 0 Å². The number of hydrogen-bond donors (Lipinski definition) is 2. The molecule has 3 rings (SSSR count). The van der Waals surface area contributed by atoms with Crippen molar-refractivity contribution in [2.24, 2.45) is 5.92 Å². The van der Waals surface area contributed by atoms with Crippen LogP contribution >= 0.6 is 12.4 Å². The summed E-state index contributed by atoms with van der Waals surface area (Å²) in [6.07, 6.45) is 2.67. The van der Waals surface area contributed by atoms with Gasteiger partial charge in [-0.25, -0.2) is 4.68 Å². The summed E-state index contributed by atoms with van der Waals surface area (Å²) in [6.45, 7) is 6.95. The van der Waals surface area contributed by atoms with Crippen LogP contribution in [-0.2, 0) is 11.2 Å². The molecule has 6 heteroatoms. The molecule has 5 nitrogen and oxygen atoms in total. The van der Waals surface area contributed by atoms with Crippen LogP contribution in [0.15, 0.2) is 30.3 Å². The third-order valence-corrected chi connectivity index (χ3v) is 4.82. The summed E-state index contributed by atoms with van der Waals surface area (Å²) >= 11 is 0. The number of carbonyl (C=O) groups is 1. The first-order valence-corrected chi connectivity index (χ1v) is 8.73. The van der Waals surface area contributed by atoms with Crippen molar-refractivity contribution in [2.45, 2.75) is 33.1 Å². The van der Waals surface area contributed by atoms with Crippen LogP contribution in [0.4, 0.5) is 0 Å². The van der Waals surface area contributed by atoms with Gasteiger partial charge in [-0.15, -0.1) is 12.4 Å². The Balaban J connectivity index is 0.00000225. The number of aryl methyl sites for hydroxylation is 1. The zero-order valence-electron chi connectivity index (χ0n) is 14.9. The SMILES string of the molecule is Cc1nn(-c2ccccc2)c(C)c1CC(=O)NCCC1CCNC1.Cl. The number of carbonyl (C=O) groups excluding carboxylic acids is 1. The molecule has 136 valence electrons. The Kier molecular flexibility index (Phi) is 7.02. The zero-order valence-corrected chi connectivity index (χ0v) is 15.7. The van der Waals surface area contributed by atoms with E-state index in [9.17, 15) is 4.79 Å². The van der Waals surface area contributed by atoms with E-state index in [1.165, 1.54) is 6.42 Å². The highest BCUT2D eigenvalue weighted by Gasteiger charge is 2.17. The number of nitrogens with zero attached hydrogens (tertiary/aromatic N) is 2. The largest absolute Gasteiger partial charge is 0.356 e. The van der Waals surface area contributed by atoms with E-state index < -0.39 is 0 Å². The van der Waals surface area contributed by atoms with Crippen LogP contribution in [0.2, 0.25) is 0 Å². The molecule has 0 aliphatic carbocycles. The van der Waals surface area contributed by atoms with Gasteiger partial charge in [0.15, 0.2) is 0 Å². The van der Waals surface area contributed by atoms with Crippen LogP contribution in [0.1, 0.15) is 29.8 Å². The van der Waals surface area contributed by atoms with E-state index in [1.807, 2.05) is 48.9 Å². The molecule has 1 aromatic carbocycles. The van der Waals surface area contributed by atoms with E-state index in [4.69, 9.17) is 0 Å². The number of benzene rings is 1. The molecule has 1 fully saturated rings. The van der Waals surface area contributed by atoms with Crippen LogP contribution in [0.3, 0.4) is 0 Å². The molecule has 2 aromatic rings. The topological polar surface area (TPSA) is 59.0 Å². The summed E-state index contributed by atoms with van der Waals surface area (Å²) in [5.41, 5.74) is 4.01. The maximum absolute atomic E-state index is 12.3. The highest BCUT2D eigenvalue weighted by atomic mass is 35.5. The van der Waals surface area contributed by atoms with Crippen molar-refractivity contribution >= 4 is 18.3 Å². The lowest BCUT2D eigenvalue weighted by Crippen LogP contribution is -2.28. The number of hydrogen-bond acceptors (Lipinski definition) is 3. The molecule has 2 heterocycles. The number of para-hydroxylation sites is 1. The molecule has 1 aromatic heterocycles. The lowest BCUT2D eigenvalue weighted by molar-refractivity contribution is -0.120. The molecule has 1 amide bonds. The van der Waals surface area contributed by atoms with E-state index in [0.717, 1.165) is 48.7 Å². The summed E-state index contributed by atoms with van der Waals surface area (Å²) < 4.78 is 1.92. The second-order valence-electron chi connectivity index (χ2n) is 6.57. The Morgan fingerprint density at radius 2 is 2.08 bits per heavy atom. The Morgan fingerprint density at radius 3 is 2.76 bits per heavy atom. The van der Waals surface area contributed by atoms with E-state index >= 15 is 0 Å². The van der Waals surface area contributed by atoms with Gasteiger partial charge in [-0.05, 0) is 57.8 Å². The van der Waals surface area contributed by atoms with Crippen molar-refractivity contribution in [3.05, 3.63) is 47.3 Å². The molecular formula is C19H27ClN4O. The summed E-state index contributed by atoms with van der Waals surface area (Å²) in [5, 5.41) is 11.0. The summed E-state index contributed by atoms with van der Waals surface area (Å²) in [4.78, 5) is 12.3. The fourth-order valence-electron chi connectivity index (χ4n) is 3.35. The predicted molar refractivity (Wildman–Crippen MR) is 103 cm³/mol. The Labute approximate surface area is 155 Å². The lowest BCUT2D eigenvalue weighted by atomic mass is 10.1. The van der Waals surface area contributed by atoms with Gasteiger partial charge in [0.05, 0.1) is 17.8 Å². The molecule has 2 N–H and O–H groups in total. The van der Waals surface area contributed by atoms with Gasteiger partial charge >= 0.3 is 0 Å². The Bertz CT molecular complexity index is 693. The normalized spacial score (nSPS) is 16.5. The van der Waals surface area contributed by atoms with Crippen LogP contribution < -0.4 is 10.6 Å². The van der Waals surface area contributed by atoms with Crippen molar-refractivity contribution in [2.75, 3.05) is 19.6 Å². The van der Waals surface area contributed by atoms with Crippen LogP contribution in [0.5, 0.6) is 0 Å². The smallest absolute Gasteiger partial charge is 0.224 e. The van der Waals surface area contributed by atoms with Gasteiger partial charge in [-0.3, -0.25) is 4.79 Å². The summed E-state index contributed by atoms with van der Waals surface area (Å²) in [5.74, 6) is 0.786. The number of amides is 1. The van der Waals surface area contributed by atoms with Gasteiger partial charge in [0.1, 0.15) is 0 Å². The highest BCUT2D eigenvalue weighted by molar-refractivity contribution is 5.85. The number of aromatic nitrogens is 2. The first kappa shape index (κ1) is 19.5. The number of rotatable bonds is 6. The third-order valence-electron chi connectivity index (χ3n) is 4.82. The van der Waals surface area contributed by atoms with E-state index in [0.29, 0.717) is 12.3 Å². The summed E-state index contributed by atoms with van der Waals surface area (Å²) in [7, 11) is 0. The predicted octanol–water partition coefficient (Wildman–Crippen LogP) is 2.57. The first-order valence-electron chi connectivity index (χ1n) is 8.73.